The van der Waals surface area contributed by atoms with Crippen LogP contribution in [0.3, 0.4) is 0 Å². The van der Waals surface area contributed by atoms with Crippen molar-refractivity contribution in [2.45, 2.75) is 13.8 Å². The van der Waals surface area contributed by atoms with Gasteiger partial charge in [-0.2, -0.15) is 22.7 Å². The van der Waals surface area contributed by atoms with E-state index in [0.717, 1.165) is 72.1 Å². The molecule has 0 atom stereocenters. The minimum atomic E-state index is 0. The number of nitrogens with zero attached hydrogens (tertiary/aromatic N) is 5. The number of oxazole rings is 1. The Hall–Kier alpha value is -8.93. The fraction of sp³-hybridized carbons (Fsp3) is 0.0345. The van der Waals surface area contributed by atoms with Crippen LogP contribution in [0.4, 0.5) is 0 Å². The van der Waals surface area contributed by atoms with Crippen LogP contribution in [-0.2, 0) is 91.3 Å². The third kappa shape index (κ3) is 18.9. The van der Waals surface area contributed by atoms with Crippen molar-refractivity contribution in [3.8, 4) is 132 Å². The van der Waals surface area contributed by atoms with Crippen LogP contribution >= 0.6 is 22.7 Å². The van der Waals surface area contributed by atoms with Gasteiger partial charge in [-0.1, -0.05) is 224 Å². The molecule has 16 rings (SSSR count). The maximum Gasteiger partial charge on any atom is 2.00 e. The van der Waals surface area contributed by atoms with Crippen LogP contribution in [0, 0.1) is 38.1 Å². The van der Waals surface area contributed by atoms with E-state index >= 15 is 0 Å². The molecule has 4 heterocycles. The Labute approximate surface area is 645 Å². The molecule has 0 fully saturated rings. The summed E-state index contributed by atoms with van der Waals surface area (Å²) in [6, 6.07) is 120. The average Bonchev–Trinajstić information content (AvgIpc) is 1.71. The summed E-state index contributed by atoms with van der Waals surface area (Å²) in [7, 11) is 2.05. The molecule has 0 aliphatic heterocycles. The van der Waals surface area contributed by atoms with Crippen molar-refractivity contribution in [2.75, 3.05) is 0 Å². The van der Waals surface area contributed by atoms with Gasteiger partial charge < -0.3 is 8.98 Å². The number of hydrogen-bond acceptors (Lipinski definition) is 7. The van der Waals surface area contributed by atoms with Gasteiger partial charge in [0.15, 0.2) is 0 Å². The second-order valence-corrected chi connectivity index (χ2v) is 24.3. The number of thiazole rings is 2. The number of hydrogen-bond donors (Lipinski definition) is 0. The first-order valence-electron chi connectivity index (χ1n) is 31.3. The van der Waals surface area contributed by atoms with Crippen LogP contribution in [0.1, 0.15) is 11.4 Å². The van der Waals surface area contributed by atoms with Crippen molar-refractivity contribution in [1.82, 2.24) is 24.5 Å². The molecule has 0 spiro atoms. The summed E-state index contributed by atoms with van der Waals surface area (Å²) in [5.41, 5.74) is 21.4. The second-order valence-electron chi connectivity index (χ2n) is 22.3. The predicted octanol–water partition coefficient (Wildman–Crippen LogP) is 23.2. The normalized spacial score (nSPS) is 10.3. The van der Waals surface area contributed by atoms with Gasteiger partial charge in [-0.25, -0.2) is 0 Å². The molecule has 0 N–H and O–H groups in total. The van der Waals surface area contributed by atoms with Crippen molar-refractivity contribution in [1.29, 1.82) is 0 Å². The Morgan fingerprint density at radius 2 is 0.677 bits per heavy atom. The zero-order chi connectivity index (χ0) is 64.6. The quantitative estimate of drug-likeness (QED) is 0.114. The maximum absolute atomic E-state index is 5.99. The van der Waals surface area contributed by atoms with Crippen LogP contribution in [0.15, 0.2) is 332 Å². The minimum Gasteiger partial charge on any atom is -0.481 e. The van der Waals surface area contributed by atoms with Crippen molar-refractivity contribution < 1.29 is 88.7 Å². The molecule has 0 amide bonds. The number of aromatic nitrogens is 5. The van der Waals surface area contributed by atoms with Gasteiger partial charge in [0.25, 0.3) is 0 Å². The van der Waals surface area contributed by atoms with Gasteiger partial charge in [-0.3, -0.25) is 19.9 Å². The van der Waals surface area contributed by atoms with Gasteiger partial charge in [0, 0.05) is 50.5 Å². The predicted molar refractivity (Wildman–Crippen MR) is 394 cm³/mol. The fourth-order valence-corrected chi connectivity index (χ4v) is 12.9. The summed E-state index contributed by atoms with van der Waals surface area (Å²) in [5, 5.41) is 2.03. The first kappa shape index (κ1) is 74.3. The molecular weight excluding hydrogens is 1980 g/mol. The molecule has 99 heavy (non-hydrogen) atoms. The monoisotopic (exact) mass is 2040 g/mol. The van der Waals surface area contributed by atoms with E-state index in [4.69, 9.17) is 9.40 Å². The SMILES string of the molecule is Cc1nc(-c2[c-]cccc2)oc1-c1ccc(-c2ccccc2)cc1.Cc1nc(-c2[c-]cccc2)sc1-c1ccc(-c2ccccc2)cc1.Cn1c(-c2ccc(-c3ccccc3)cc2)cnc1-c1[c-]cccc1.[Pt+2].[Pt+2].[Pt+2].[Pt+2].[c-]1ccccc1-c1ncc(-c2ccc(-c3ccccc3)cc2)s1. The molecule has 16 aromatic rings. The molecule has 0 bridgehead atoms. The molecule has 4 aromatic heterocycles. The Morgan fingerprint density at radius 1 is 0.313 bits per heavy atom. The van der Waals surface area contributed by atoms with Crippen LogP contribution in [0.5, 0.6) is 0 Å². The Kier molecular flexibility index (Phi) is 27.6. The maximum atomic E-state index is 5.99. The van der Waals surface area contributed by atoms with Gasteiger partial charge >= 0.3 is 84.3 Å². The van der Waals surface area contributed by atoms with E-state index in [0.29, 0.717) is 5.89 Å². The minimum absolute atomic E-state index is 0. The van der Waals surface area contributed by atoms with Crippen LogP contribution in [-0.4, -0.2) is 24.5 Å². The summed E-state index contributed by atoms with van der Waals surface area (Å²) in [6.07, 6.45) is 3.87. The molecule has 490 valence electrons. The van der Waals surface area contributed by atoms with Gasteiger partial charge in [0.05, 0.1) is 17.2 Å². The Morgan fingerprint density at radius 3 is 1.11 bits per heavy atom. The van der Waals surface area contributed by atoms with Gasteiger partial charge in [-0.05, 0) is 75.0 Å². The van der Waals surface area contributed by atoms with E-state index in [1.54, 1.807) is 22.7 Å². The number of rotatable bonds is 12. The molecule has 0 aliphatic rings. The van der Waals surface area contributed by atoms with E-state index in [-0.39, 0.29) is 84.3 Å². The third-order valence-electron chi connectivity index (χ3n) is 15.9. The summed E-state index contributed by atoms with van der Waals surface area (Å²) in [5.74, 6) is 2.34. The second kappa shape index (κ2) is 36.8. The standard InChI is InChI=1S/C22H17N2.C22H16NO.C22H16NS.C21H14NS.4Pt/c1-24-21(16-23-22(24)20-10-6-3-7-11-20)19-14-12-18(13-15-19)17-8-4-2-5-9-17;2*1-16-21(24-22(23-16)20-10-6-3-7-11-20)19-14-12-18(13-15-19)17-8-4-2-5-9-17;1-3-7-16(8-4-1)17-11-13-18(14-12-17)20-15-22-21(23-20)19-9-5-2-6-10-19;;;;/h2-10,12-16H,1H3;2*2-10,12-15H,1H3;1-9,11-15H;;;;/q4*-1;4*+2. The molecule has 0 saturated carbocycles. The number of benzene rings is 12. The van der Waals surface area contributed by atoms with Crippen molar-refractivity contribution >= 4 is 22.7 Å². The molecule has 12 heteroatoms. The zero-order valence-electron chi connectivity index (χ0n) is 53.9. The Balaban J connectivity index is 0.000000152. The van der Waals surface area contributed by atoms with Crippen molar-refractivity contribution in [3.05, 3.63) is 363 Å². The molecular formula is C87H63N5OPt4S2+4. The van der Waals surface area contributed by atoms with E-state index in [2.05, 4.69) is 239 Å². The molecule has 0 saturated heterocycles. The van der Waals surface area contributed by atoms with E-state index in [1.165, 1.54) is 65.4 Å². The number of aryl methyl sites for hydroxylation is 2. The summed E-state index contributed by atoms with van der Waals surface area (Å²) < 4.78 is 8.10. The van der Waals surface area contributed by atoms with Crippen molar-refractivity contribution in [2.24, 2.45) is 7.05 Å². The molecule has 0 radical (unpaired) electrons. The van der Waals surface area contributed by atoms with Gasteiger partial charge in [0.2, 0.25) is 0 Å². The molecule has 0 aliphatic carbocycles. The Bertz CT molecular complexity index is 4750. The summed E-state index contributed by atoms with van der Waals surface area (Å²) in [6.45, 7) is 4.04. The van der Waals surface area contributed by atoms with Crippen molar-refractivity contribution in [3.63, 3.8) is 0 Å². The van der Waals surface area contributed by atoms with Gasteiger partial charge in [-0.15, -0.1) is 138 Å². The largest absolute Gasteiger partial charge is 2.00 e. The summed E-state index contributed by atoms with van der Waals surface area (Å²) >= 11 is 3.42. The fourth-order valence-electron chi connectivity index (χ4n) is 10.9. The zero-order valence-corrected chi connectivity index (χ0v) is 64.6. The topological polar surface area (TPSA) is 69.6 Å². The van der Waals surface area contributed by atoms with Crippen LogP contribution in [0.25, 0.3) is 132 Å². The first-order valence-corrected chi connectivity index (χ1v) is 32.9. The average molecular weight is 2040 g/mol. The van der Waals surface area contributed by atoms with E-state index in [1.807, 2.05) is 154 Å². The third-order valence-corrected chi connectivity index (χ3v) is 18.2. The number of imidazole rings is 1. The van der Waals surface area contributed by atoms with Gasteiger partial charge in [0.1, 0.15) is 11.7 Å². The van der Waals surface area contributed by atoms with Crippen LogP contribution in [0.2, 0.25) is 0 Å². The first-order chi connectivity index (χ1) is 46.8. The molecule has 12 aromatic carbocycles. The molecule has 6 nitrogen and oxygen atoms in total. The summed E-state index contributed by atoms with van der Waals surface area (Å²) in [4.78, 5) is 20.8. The van der Waals surface area contributed by atoms with E-state index in [9.17, 15) is 0 Å². The van der Waals surface area contributed by atoms with Crippen LogP contribution < -0.4 is 0 Å². The van der Waals surface area contributed by atoms with E-state index < -0.39 is 0 Å². The smallest absolute Gasteiger partial charge is 0.481 e. The molecule has 0 unspecified atom stereocenters.